The molecule has 1 amide bonds. The van der Waals surface area contributed by atoms with Gasteiger partial charge < -0.3 is 10.1 Å². The van der Waals surface area contributed by atoms with E-state index in [4.69, 9.17) is 0 Å². The lowest BCUT2D eigenvalue weighted by Gasteiger charge is -2.18. The molecule has 84 valence electrons. The summed E-state index contributed by atoms with van der Waals surface area (Å²) in [4.78, 5) is 21.6. The van der Waals surface area contributed by atoms with Gasteiger partial charge in [0, 0.05) is 0 Å². The Hall–Kier alpha value is -1.32. The molecule has 1 N–H and O–H groups in total. The minimum atomic E-state index is -0.479. The fourth-order valence-corrected chi connectivity index (χ4v) is 1.89. The predicted octanol–water partition coefficient (Wildman–Crippen LogP) is 1.37. The monoisotopic (exact) mass is 211 g/mol. The molecule has 4 nitrogen and oxygen atoms in total. The zero-order valence-electron chi connectivity index (χ0n) is 8.99. The lowest BCUT2D eigenvalue weighted by molar-refractivity contribution is -0.137. The third-order valence-corrected chi connectivity index (χ3v) is 2.67. The van der Waals surface area contributed by atoms with Crippen LogP contribution in [0, 0.1) is 5.92 Å². The second-order valence-corrected chi connectivity index (χ2v) is 3.73. The number of nitrogens with one attached hydrogen (secondary N) is 1. The molecule has 4 heteroatoms. The van der Waals surface area contributed by atoms with Crippen molar-refractivity contribution in [2.45, 2.75) is 32.1 Å². The molecule has 0 spiro atoms. The number of amides is 1. The molecule has 0 aromatic heterocycles. The number of hydrogen-bond donors (Lipinski definition) is 1. The van der Waals surface area contributed by atoms with Crippen molar-refractivity contribution < 1.29 is 14.3 Å². The van der Waals surface area contributed by atoms with Crippen LogP contribution in [0.4, 0.5) is 0 Å². The van der Waals surface area contributed by atoms with Crippen LogP contribution in [-0.2, 0) is 14.3 Å². The van der Waals surface area contributed by atoms with Gasteiger partial charge in [-0.3, -0.25) is 4.79 Å². The van der Waals surface area contributed by atoms with Crippen LogP contribution in [-0.4, -0.2) is 19.5 Å². The summed E-state index contributed by atoms with van der Waals surface area (Å²) in [5, 5.41) is 2.39. The van der Waals surface area contributed by atoms with E-state index in [0.29, 0.717) is 12.3 Å². The van der Waals surface area contributed by atoms with Gasteiger partial charge in [-0.25, -0.2) is 4.79 Å². The normalized spacial score (nSPS) is 18.3. The number of methoxy groups -OCH3 is 1. The summed E-state index contributed by atoms with van der Waals surface area (Å²) >= 11 is 0. The first-order chi connectivity index (χ1) is 7.27. The highest BCUT2D eigenvalue weighted by Crippen LogP contribution is 2.25. The van der Waals surface area contributed by atoms with Crippen molar-refractivity contribution in [1.29, 1.82) is 0 Å². The molecule has 15 heavy (non-hydrogen) atoms. The van der Waals surface area contributed by atoms with Crippen LogP contribution in [0.25, 0.3) is 0 Å². The van der Waals surface area contributed by atoms with Gasteiger partial charge in [0.15, 0.2) is 0 Å². The van der Waals surface area contributed by atoms with Gasteiger partial charge in [0.1, 0.15) is 5.70 Å². The summed E-state index contributed by atoms with van der Waals surface area (Å²) in [6, 6.07) is 0. The fourth-order valence-electron chi connectivity index (χ4n) is 1.89. The zero-order valence-corrected chi connectivity index (χ0v) is 8.99. The second kappa shape index (κ2) is 6.22. The van der Waals surface area contributed by atoms with Gasteiger partial charge >= 0.3 is 5.97 Å². The lowest BCUT2D eigenvalue weighted by Crippen LogP contribution is -2.21. The van der Waals surface area contributed by atoms with Crippen molar-refractivity contribution >= 4 is 12.4 Å². The molecule has 0 aromatic carbocycles. The minimum Gasteiger partial charge on any atom is -0.464 e. The third-order valence-electron chi connectivity index (χ3n) is 2.67. The molecule has 0 heterocycles. The Kier molecular flexibility index (Phi) is 4.87. The number of carbonyl (C=O) groups excluding carboxylic acids is 2. The molecule has 0 radical (unpaired) electrons. The van der Waals surface area contributed by atoms with Crippen LogP contribution in [0.5, 0.6) is 0 Å². The van der Waals surface area contributed by atoms with Crippen molar-refractivity contribution in [3.63, 3.8) is 0 Å². The van der Waals surface area contributed by atoms with Gasteiger partial charge in [-0.2, -0.15) is 0 Å². The van der Waals surface area contributed by atoms with Gasteiger partial charge in [-0.05, 0) is 18.8 Å². The maximum atomic E-state index is 11.3. The number of carbonyl (C=O) groups is 2. The van der Waals surface area contributed by atoms with E-state index in [0.717, 1.165) is 12.8 Å². The number of hydrogen-bond acceptors (Lipinski definition) is 3. The molecule has 0 bridgehead atoms. The average Bonchev–Trinajstić information content (AvgIpc) is 2.29. The second-order valence-electron chi connectivity index (χ2n) is 3.73. The van der Waals surface area contributed by atoms with Gasteiger partial charge in [-0.15, -0.1) is 0 Å². The third kappa shape index (κ3) is 3.73. The molecular weight excluding hydrogens is 194 g/mol. The number of esters is 1. The number of rotatable bonds is 4. The molecule has 0 atom stereocenters. The quantitative estimate of drug-likeness (QED) is 0.434. The molecule has 0 saturated heterocycles. The summed E-state index contributed by atoms with van der Waals surface area (Å²) in [5.41, 5.74) is 0.263. The van der Waals surface area contributed by atoms with E-state index >= 15 is 0 Å². The van der Waals surface area contributed by atoms with E-state index in [2.05, 4.69) is 10.1 Å². The standard InChI is InChI=1S/C11H17NO3/c1-15-11(14)10(12-8-13)7-9-5-3-2-4-6-9/h7-9H,2-6H2,1H3,(H,12,13)/b10-7-. The number of allylic oxidation sites excluding steroid dienone is 1. The van der Waals surface area contributed by atoms with Crippen molar-refractivity contribution in [3.8, 4) is 0 Å². The molecule has 1 saturated carbocycles. The smallest absolute Gasteiger partial charge is 0.354 e. The Morgan fingerprint density at radius 2 is 2.00 bits per heavy atom. The molecule has 1 aliphatic rings. The highest BCUT2D eigenvalue weighted by molar-refractivity contribution is 5.90. The highest BCUT2D eigenvalue weighted by Gasteiger charge is 2.15. The summed E-state index contributed by atoms with van der Waals surface area (Å²) in [6.07, 6.45) is 8.14. The SMILES string of the molecule is COC(=O)/C(=C/C1CCCCC1)NC=O. The first-order valence-corrected chi connectivity index (χ1v) is 5.28. The van der Waals surface area contributed by atoms with E-state index in [1.165, 1.54) is 26.4 Å². The van der Waals surface area contributed by atoms with Crippen molar-refractivity contribution in [3.05, 3.63) is 11.8 Å². The van der Waals surface area contributed by atoms with Gasteiger partial charge in [0.05, 0.1) is 7.11 Å². The Balaban J connectivity index is 2.63. The Labute approximate surface area is 89.7 Å². The van der Waals surface area contributed by atoms with E-state index in [1.807, 2.05) is 6.08 Å². The summed E-state index contributed by atoms with van der Waals surface area (Å²) < 4.78 is 4.58. The molecule has 0 aliphatic heterocycles. The largest absolute Gasteiger partial charge is 0.464 e. The maximum Gasteiger partial charge on any atom is 0.354 e. The fraction of sp³-hybridized carbons (Fsp3) is 0.636. The van der Waals surface area contributed by atoms with Crippen LogP contribution in [0.1, 0.15) is 32.1 Å². The molecule has 0 aromatic rings. The zero-order chi connectivity index (χ0) is 11.1. The lowest BCUT2D eigenvalue weighted by atomic mass is 9.88. The first-order valence-electron chi connectivity index (χ1n) is 5.28. The van der Waals surface area contributed by atoms with Gasteiger partial charge in [0.25, 0.3) is 0 Å². The van der Waals surface area contributed by atoms with Crippen LogP contribution < -0.4 is 5.32 Å². The Morgan fingerprint density at radius 1 is 1.33 bits per heavy atom. The summed E-state index contributed by atoms with van der Waals surface area (Å²) in [5.74, 6) is -0.0898. The van der Waals surface area contributed by atoms with E-state index < -0.39 is 5.97 Å². The molecule has 1 fully saturated rings. The van der Waals surface area contributed by atoms with Gasteiger partial charge in [-0.1, -0.05) is 25.3 Å². The number of ether oxygens (including phenoxy) is 1. The Morgan fingerprint density at radius 3 is 2.53 bits per heavy atom. The Bertz CT molecular complexity index is 255. The molecular formula is C11H17NO3. The summed E-state index contributed by atoms with van der Waals surface area (Å²) in [6.45, 7) is 0. The molecule has 1 aliphatic carbocycles. The summed E-state index contributed by atoms with van der Waals surface area (Å²) in [7, 11) is 1.31. The topological polar surface area (TPSA) is 55.4 Å². The average molecular weight is 211 g/mol. The van der Waals surface area contributed by atoms with E-state index in [-0.39, 0.29) is 5.70 Å². The maximum absolute atomic E-state index is 11.3. The molecule has 0 unspecified atom stereocenters. The van der Waals surface area contributed by atoms with Crippen LogP contribution in [0.2, 0.25) is 0 Å². The predicted molar refractivity (Wildman–Crippen MR) is 55.9 cm³/mol. The highest BCUT2D eigenvalue weighted by atomic mass is 16.5. The van der Waals surface area contributed by atoms with Gasteiger partial charge in [0.2, 0.25) is 6.41 Å². The van der Waals surface area contributed by atoms with E-state index in [9.17, 15) is 9.59 Å². The first kappa shape index (κ1) is 11.8. The van der Waals surface area contributed by atoms with Crippen LogP contribution >= 0.6 is 0 Å². The van der Waals surface area contributed by atoms with Crippen LogP contribution in [0.15, 0.2) is 11.8 Å². The molecule has 1 rings (SSSR count). The minimum absolute atomic E-state index is 0.263. The van der Waals surface area contributed by atoms with Crippen LogP contribution in [0.3, 0.4) is 0 Å². The van der Waals surface area contributed by atoms with Crippen molar-refractivity contribution in [2.24, 2.45) is 5.92 Å². The van der Waals surface area contributed by atoms with Crippen molar-refractivity contribution in [1.82, 2.24) is 5.32 Å². The van der Waals surface area contributed by atoms with E-state index in [1.54, 1.807) is 0 Å². The van der Waals surface area contributed by atoms with Crippen molar-refractivity contribution in [2.75, 3.05) is 7.11 Å².